The maximum Gasteiger partial charge on any atom is 0.274 e. The summed E-state index contributed by atoms with van der Waals surface area (Å²) in [6.45, 7) is 0. The molecule has 1 fully saturated rings. The van der Waals surface area contributed by atoms with Gasteiger partial charge in [-0.25, -0.2) is 8.42 Å². The molecule has 1 aliphatic rings. The molecule has 1 N–H and O–H groups in total. The van der Waals surface area contributed by atoms with Crippen LogP contribution in [0.5, 0.6) is 5.75 Å². The Kier molecular flexibility index (Phi) is 5.13. The highest BCUT2D eigenvalue weighted by Crippen LogP contribution is 2.23. The summed E-state index contributed by atoms with van der Waals surface area (Å²) < 4.78 is 28.5. The van der Waals surface area contributed by atoms with Gasteiger partial charge in [-0.05, 0) is 30.7 Å². The monoisotopic (exact) mass is 375 g/mol. The molecule has 7 nitrogen and oxygen atoms in total. The summed E-state index contributed by atoms with van der Waals surface area (Å²) >= 11 is 0. The summed E-state index contributed by atoms with van der Waals surface area (Å²) in [6.07, 6.45) is 2.14. The zero-order valence-corrected chi connectivity index (χ0v) is 15.5. The van der Waals surface area contributed by atoms with E-state index in [1.807, 2.05) is 11.9 Å². The number of methoxy groups -OCH3 is 1. The molecule has 1 atom stereocenters. The summed E-state index contributed by atoms with van der Waals surface area (Å²) in [5.74, 6) is 0.646. The molecule has 1 unspecified atom stereocenters. The van der Waals surface area contributed by atoms with Crippen molar-refractivity contribution < 1.29 is 17.9 Å². The number of sulfone groups is 1. The van der Waals surface area contributed by atoms with Crippen LogP contribution in [0.15, 0.2) is 42.6 Å². The number of rotatable bonds is 5. The van der Waals surface area contributed by atoms with Crippen LogP contribution < -0.4 is 15.0 Å². The van der Waals surface area contributed by atoms with Gasteiger partial charge in [-0.15, -0.1) is 0 Å². The highest BCUT2D eigenvalue weighted by Gasteiger charge is 2.31. The molecule has 0 radical (unpaired) electrons. The number of amides is 1. The second-order valence-corrected chi connectivity index (χ2v) is 8.48. The Morgan fingerprint density at radius 3 is 2.81 bits per heavy atom. The number of benzene rings is 1. The van der Waals surface area contributed by atoms with Crippen LogP contribution in [0.4, 0.5) is 11.4 Å². The number of hydrogen-bond acceptors (Lipinski definition) is 6. The number of hydrogen-bond donors (Lipinski definition) is 1. The minimum Gasteiger partial charge on any atom is -0.497 e. The van der Waals surface area contributed by atoms with E-state index in [1.165, 1.54) is 0 Å². The van der Waals surface area contributed by atoms with Crippen molar-refractivity contribution in [2.75, 3.05) is 35.9 Å². The van der Waals surface area contributed by atoms with Gasteiger partial charge in [0, 0.05) is 36.7 Å². The first-order valence-corrected chi connectivity index (χ1v) is 10.0. The summed E-state index contributed by atoms with van der Waals surface area (Å²) in [4.78, 5) is 18.5. The quantitative estimate of drug-likeness (QED) is 0.859. The van der Waals surface area contributed by atoms with Gasteiger partial charge in [-0.1, -0.05) is 6.07 Å². The van der Waals surface area contributed by atoms with Gasteiger partial charge in [0.05, 0.1) is 18.6 Å². The molecule has 0 saturated carbocycles. The molecule has 1 aliphatic heterocycles. The first-order chi connectivity index (χ1) is 12.4. The Hall–Kier alpha value is -2.61. The van der Waals surface area contributed by atoms with E-state index in [1.54, 1.807) is 49.7 Å². The Morgan fingerprint density at radius 1 is 1.31 bits per heavy atom. The molecule has 2 aromatic rings. The van der Waals surface area contributed by atoms with Crippen molar-refractivity contribution in [3.8, 4) is 5.75 Å². The van der Waals surface area contributed by atoms with Gasteiger partial charge < -0.3 is 15.0 Å². The van der Waals surface area contributed by atoms with Crippen molar-refractivity contribution in [2.45, 2.75) is 12.5 Å². The maximum absolute atomic E-state index is 12.5. The number of aromatic nitrogens is 1. The van der Waals surface area contributed by atoms with Gasteiger partial charge in [-0.3, -0.25) is 9.78 Å². The Balaban J connectivity index is 1.75. The molecular weight excluding hydrogens is 354 g/mol. The van der Waals surface area contributed by atoms with E-state index >= 15 is 0 Å². The van der Waals surface area contributed by atoms with Crippen LogP contribution in [0.1, 0.15) is 16.9 Å². The number of anilines is 2. The lowest BCUT2D eigenvalue weighted by Crippen LogP contribution is -2.32. The molecule has 1 aromatic carbocycles. The summed E-state index contributed by atoms with van der Waals surface area (Å²) in [6, 6.07) is 10.4. The van der Waals surface area contributed by atoms with Crippen LogP contribution >= 0.6 is 0 Å². The largest absolute Gasteiger partial charge is 0.497 e. The molecule has 0 aliphatic carbocycles. The van der Waals surface area contributed by atoms with Gasteiger partial charge in [-0.2, -0.15) is 0 Å². The van der Waals surface area contributed by atoms with Crippen LogP contribution in [0.3, 0.4) is 0 Å². The van der Waals surface area contributed by atoms with Crippen molar-refractivity contribution >= 4 is 27.1 Å². The van der Waals surface area contributed by atoms with Gasteiger partial charge in [0.1, 0.15) is 11.4 Å². The summed E-state index contributed by atoms with van der Waals surface area (Å²) in [5.41, 5.74) is 1.63. The van der Waals surface area contributed by atoms with Crippen LogP contribution in [0.2, 0.25) is 0 Å². The van der Waals surface area contributed by atoms with E-state index in [9.17, 15) is 13.2 Å². The Labute approximate surface area is 152 Å². The minimum atomic E-state index is -2.97. The van der Waals surface area contributed by atoms with E-state index in [4.69, 9.17) is 4.74 Å². The van der Waals surface area contributed by atoms with Crippen molar-refractivity contribution in [3.63, 3.8) is 0 Å². The number of carbonyl (C=O) groups excluding carboxylic acids is 1. The smallest absolute Gasteiger partial charge is 0.274 e. The average molecular weight is 375 g/mol. The molecule has 2 heterocycles. The lowest BCUT2D eigenvalue weighted by atomic mass is 10.2. The molecule has 1 saturated heterocycles. The third kappa shape index (κ3) is 4.13. The van der Waals surface area contributed by atoms with Crippen molar-refractivity contribution in [2.24, 2.45) is 0 Å². The molecule has 3 rings (SSSR count). The highest BCUT2D eigenvalue weighted by molar-refractivity contribution is 7.91. The summed E-state index contributed by atoms with van der Waals surface area (Å²) in [5, 5.41) is 2.79. The molecule has 1 aromatic heterocycles. The molecule has 0 spiro atoms. The van der Waals surface area contributed by atoms with Crippen LogP contribution in [0, 0.1) is 0 Å². The Bertz CT molecular complexity index is 914. The molecule has 138 valence electrons. The summed E-state index contributed by atoms with van der Waals surface area (Å²) in [7, 11) is 0.428. The third-order valence-corrected chi connectivity index (χ3v) is 6.22. The Morgan fingerprint density at radius 2 is 2.12 bits per heavy atom. The standard InChI is InChI=1S/C18H21N3O4S/c1-21(15-7-9-26(23,24)12-15)14-6-8-19-17(11-14)18(22)20-13-4-3-5-16(10-13)25-2/h3-6,8,10-11,15H,7,9,12H2,1-2H3,(H,20,22). The van der Waals surface area contributed by atoms with Gasteiger partial charge in [0.2, 0.25) is 0 Å². The van der Waals surface area contributed by atoms with Crippen molar-refractivity contribution in [3.05, 3.63) is 48.3 Å². The first kappa shape index (κ1) is 18.2. The van der Waals surface area contributed by atoms with Crippen molar-refractivity contribution in [1.29, 1.82) is 0 Å². The lowest BCUT2D eigenvalue weighted by Gasteiger charge is -2.25. The molecule has 1 amide bonds. The fourth-order valence-electron chi connectivity index (χ4n) is 2.95. The van der Waals surface area contributed by atoms with E-state index in [0.29, 0.717) is 17.9 Å². The molecular formula is C18H21N3O4S. The second-order valence-electron chi connectivity index (χ2n) is 6.25. The van der Waals surface area contributed by atoms with E-state index in [2.05, 4.69) is 10.3 Å². The van der Waals surface area contributed by atoms with Crippen molar-refractivity contribution in [1.82, 2.24) is 4.98 Å². The van der Waals surface area contributed by atoms with Crippen LogP contribution in [0.25, 0.3) is 0 Å². The van der Waals surface area contributed by atoms with E-state index in [0.717, 1.165) is 5.69 Å². The fraction of sp³-hybridized carbons (Fsp3) is 0.333. The second kappa shape index (κ2) is 7.33. The predicted molar refractivity (Wildman–Crippen MR) is 101 cm³/mol. The predicted octanol–water partition coefficient (Wildman–Crippen LogP) is 1.97. The fourth-order valence-corrected chi connectivity index (χ4v) is 4.72. The van der Waals surface area contributed by atoms with Gasteiger partial charge >= 0.3 is 0 Å². The highest BCUT2D eigenvalue weighted by atomic mass is 32.2. The van der Waals surface area contributed by atoms with Gasteiger partial charge in [0.15, 0.2) is 9.84 Å². The number of pyridine rings is 1. The topological polar surface area (TPSA) is 88.6 Å². The van der Waals surface area contributed by atoms with E-state index < -0.39 is 9.84 Å². The molecule has 0 bridgehead atoms. The van der Waals surface area contributed by atoms with Crippen LogP contribution in [-0.4, -0.2) is 51.0 Å². The number of ether oxygens (including phenoxy) is 1. The normalized spacial score (nSPS) is 18.3. The molecule has 26 heavy (non-hydrogen) atoms. The molecule has 8 heteroatoms. The first-order valence-electron chi connectivity index (χ1n) is 8.23. The lowest BCUT2D eigenvalue weighted by molar-refractivity contribution is 0.102. The van der Waals surface area contributed by atoms with Crippen LogP contribution in [-0.2, 0) is 9.84 Å². The minimum absolute atomic E-state index is 0.0864. The number of nitrogens with zero attached hydrogens (tertiary/aromatic N) is 2. The van der Waals surface area contributed by atoms with Gasteiger partial charge in [0.25, 0.3) is 5.91 Å². The number of nitrogens with one attached hydrogen (secondary N) is 1. The third-order valence-electron chi connectivity index (χ3n) is 4.47. The zero-order valence-electron chi connectivity index (χ0n) is 14.7. The zero-order chi connectivity index (χ0) is 18.7. The SMILES string of the molecule is COc1cccc(NC(=O)c2cc(N(C)C3CCS(=O)(=O)C3)ccn2)c1. The van der Waals surface area contributed by atoms with E-state index in [-0.39, 0.29) is 29.1 Å². The number of carbonyl (C=O) groups is 1. The maximum atomic E-state index is 12.5. The average Bonchev–Trinajstić information content (AvgIpc) is 3.01.